The van der Waals surface area contributed by atoms with Crippen LogP contribution in [0.3, 0.4) is 0 Å². The van der Waals surface area contributed by atoms with E-state index in [2.05, 4.69) is 5.32 Å². The van der Waals surface area contributed by atoms with Crippen LogP contribution in [0, 0.1) is 17.6 Å². The Kier molecular flexibility index (Phi) is 6.24. The fourth-order valence-electron chi connectivity index (χ4n) is 1.57. The number of benzene rings is 1. The minimum absolute atomic E-state index is 0.0602. The van der Waals surface area contributed by atoms with Crippen LogP contribution < -0.4 is 15.8 Å². The standard InChI is InChI=1S/C13H19F2N3O3S/c1-3-4-22(20,21)18-12-6-11(9(14)5-10(12)15)17-13(19)8(2)7-16/h5-6,8,18H,3-4,7,16H2,1-2H3,(H,17,19). The third-order valence-electron chi connectivity index (χ3n) is 2.85. The van der Waals surface area contributed by atoms with E-state index in [1.165, 1.54) is 0 Å². The highest BCUT2D eigenvalue weighted by Crippen LogP contribution is 2.25. The third kappa shape index (κ3) is 4.92. The summed E-state index contributed by atoms with van der Waals surface area (Å²) in [6.45, 7) is 3.26. The molecule has 0 aliphatic rings. The molecule has 0 spiro atoms. The Morgan fingerprint density at radius 2 is 1.86 bits per heavy atom. The van der Waals surface area contributed by atoms with Crippen LogP contribution in [-0.4, -0.2) is 26.6 Å². The summed E-state index contributed by atoms with van der Waals surface area (Å²) in [4.78, 5) is 11.7. The second-order valence-corrected chi connectivity index (χ2v) is 6.70. The van der Waals surface area contributed by atoms with Crippen molar-refractivity contribution in [2.45, 2.75) is 20.3 Å². The van der Waals surface area contributed by atoms with Crippen LogP contribution in [0.25, 0.3) is 0 Å². The van der Waals surface area contributed by atoms with Crippen molar-refractivity contribution in [2.75, 3.05) is 22.3 Å². The van der Waals surface area contributed by atoms with Gasteiger partial charge in [0.15, 0.2) is 0 Å². The molecule has 0 radical (unpaired) electrons. The topological polar surface area (TPSA) is 101 Å². The van der Waals surface area contributed by atoms with Crippen LogP contribution in [0.15, 0.2) is 12.1 Å². The summed E-state index contributed by atoms with van der Waals surface area (Å²) in [5.41, 5.74) is 4.58. The normalized spacial score (nSPS) is 12.8. The van der Waals surface area contributed by atoms with Crippen molar-refractivity contribution in [3.63, 3.8) is 0 Å². The van der Waals surface area contributed by atoms with Gasteiger partial charge in [-0.15, -0.1) is 0 Å². The molecule has 0 bridgehead atoms. The molecule has 124 valence electrons. The Balaban J connectivity index is 3.07. The van der Waals surface area contributed by atoms with Gasteiger partial charge in [-0.1, -0.05) is 13.8 Å². The molecular weight excluding hydrogens is 316 g/mol. The predicted molar refractivity (Wildman–Crippen MR) is 80.9 cm³/mol. The van der Waals surface area contributed by atoms with Gasteiger partial charge in [0.2, 0.25) is 15.9 Å². The molecule has 0 saturated carbocycles. The van der Waals surface area contributed by atoms with Crippen LogP contribution in [0.2, 0.25) is 0 Å². The molecule has 6 nitrogen and oxygen atoms in total. The lowest BCUT2D eigenvalue weighted by Crippen LogP contribution is -2.27. The average molecular weight is 335 g/mol. The van der Waals surface area contributed by atoms with Gasteiger partial charge in [-0.3, -0.25) is 9.52 Å². The first kappa shape index (κ1) is 18.3. The van der Waals surface area contributed by atoms with Crippen molar-refractivity contribution in [3.05, 3.63) is 23.8 Å². The molecule has 1 rings (SSSR count). The molecule has 0 saturated heterocycles. The molecule has 1 aromatic carbocycles. The Morgan fingerprint density at radius 3 is 2.41 bits per heavy atom. The largest absolute Gasteiger partial charge is 0.330 e. The van der Waals surface area contributed by atoms with Gasteiger partial charge in [-0.25, -0.2) is 17.2 Å². The fraction of sp³-hybridized carbons (Fsp3) is 0.462. The Labute approximate surface area is 128 Å². The van der Waals surface area contributed by atoms with E-state index in [0.717, 1.165) is 6.07 Å². The van der Waals surface area contributed by atoms with Crippen LogP contribution in [0.5, 0.6) is 0 Å². The quantitative estimate of drug-likeness (QED) is 0.705. The lowest BCUT2D eigenvalue weighted by atomic mass is 10.1. The molecule has 1 aromatic rings. The molecule has 1 atom stereocenters. The summed E-state index contributed by atoms with van der Waals surface area (Å²) in [6, 6.07) is 1.41. The van der Waals surface area contributed by atoms with E-state index in [4.69, 9.17) is 5.73 Å². The lowest BCUT2D eigenvalue weighted by Gasteiger charge is -2.13. The van der Waals surface area contributed by atoms with Gasteiger partial charge in [0.05, 0.1) is 17.1 Å². The molecule has 1 amide bonds. The van der Waals surface area contributed by atoms with E-state index >= 15 is 0 Å². The van der Waals surface area contributed by atoms with Crippen LogP contribution in [0.1, 0.15) is 20.3 Å². The molecule has 22 heavy (non-hydrogen) atoms. The molecule has 0 aromatic heterocycles. The minimum atomic E-state index is -3.73. The SMILES string of the molecule is CCCS(=O)(=O)Nc1cc(NC(=O)C(C)CN)c(F)cc1F. The number of amides is 1. The zero-order chi connectivity index (χ0) is 16.9. The first-order chi connectivity index (χ1) is 10.2. The Hall–Kier alpha value is -1.74. The number of carbonyl (C=O) groups is 1. The average Bonchev–Trinajstić information content (AvgIpc) is 2.42. The van der Waals surface area contributed by atoms with E-state index in [1.54, 1.807) is 13.8 Å². The first-order valence-corrected chi connectivity index (χ1v) is 8.35. The van der Waals surface area contributed by atoms with E-state index < -0.39 is 39.2 Å². The second kappa shape index (κ2) is 7.50. The van der Waals surface area contributed by atoms with E-state index in [9.17, 15) is 22.0 Å². The zero-order valence-corrected chi connectivity index (χ0v) is 13.1. The van der Waals surface area contributed by atoms with Crippen LogP contribution in [0.4, 0.5) is 20.2 Å². The minimum Gasteiger partial charge on any atom is -0.330 e. The summed E-state index contributed by atoms with van der Waals surface area (Å²) in [7, 11) is -3.73. The van der Waals surface area contributed by atoms with E-state index in [0.29, 0.717) is 12.5 Å². The molecule has 0 aliphatic carbocycles. The molecule has 0 fully saturated rings. The summed E-state index contributed by atoms with van der Waals surface area (Å²) < 4.78 is 52.7. The summed E-state index contributed by atoms with van der Waals surface area (Å²) >= 11 is 0. The number of nitrogens with one attached hydrogen (secondary N) is 2. The van der Waals surface area contributed by atoms with Gasteiger partial charge in [-0.2, -0.15) is 0 Å². The summed E-state index contributed by atoms with van der Waals surface area (Å²) in [5.74, 6) is -3.38. The molecular formula is C13H19F2N3O3S. The second-order valence-electron chi connectivity index (χ2n) is 4.86. The van der Waals surface area contributed by atoms with E-state index in [-0.39, 0.29) is 18.0 Å². The fourth-order valence-corrected chi connectivity index (χ4v) is 2.70. The highest BCUT2D eigenvalue weighted by Gasteiger charge is 2.18. The lowest BCUT2D eigenvalue weighted by molar-refractivity contribution is -0.119. The maximum atomic E-state index is 13.7. The van der Waals surface area contributed by atoms with Crippen molar-refractivity contribution in [1.82, 2.24) is 0 Å². The maximum Gasteiger partial charge on any atom is 0.232 e. The number of nitrogens with two attached hydrogens (primary N) is 1. The van der Waals surface area contributed by atoms with Crippen molar-refractivity contribution < 1.29 is 22.0 Å². The summed E-state index contributed by atoms with van der Waals surface area (Å²) in [6.07, 6.45) is 0.343. The summed E-state index contributed by atoms with van der Waals surface area (Å²) in [5, 5.41) is 2.25. The molecule has 0 aliphatic heterocycles. The Morgan fingerprint density at radius 1 is 1.27 bits per heavy atom. The van der Waals surface area contributed by atoms with Crippen LogP contribution in [-0.2, 0) is 14.8 Å². The first-order valence-electron chi connectivity index (χ1n) is 6.70. The highest BCUT2D eigenvalue weighted by atomic mass is 32.2. The smallest absolute Gasteiger partial charge is 0.232 e. The van der Waals surface area contributed by atoms with Crippen molar-refractivity contribution in [3.8, 4) is 0 Å². The van der Waals surface area contributed by atoms with Gasteiger partial charge in [-0.05, 0) is 12.5 Å². The van der Waals surface area contributed by atoms with Gasteiger partial charge >= 0.3 is 0 Å². The predicted octanol–water partition coefficient (Wildman–Crippen LogP) is 1.65. The Bertz CT molecular complexity index is 650. The van der Waals surface area contributed by atoms with Gasteiger partial charge in [0, 0.05) is 18.5 Å². The van der Waals surface area contributed by atoms with Crippen LogP contribution >= 0.6 is 0 Å². The van der Waals surface area contributed by atoms with Gasteiger partial charge < -0.3 is 11.1 Å². The zero-order valence-electron chi connectivity index (χ0n) is 12.3. The number of hydrogen-bond donors (Lipinski definition) is 3. The number of hydrogen-bond acceptors (Lipinski definition) is 4. The number of anilines is 2. The van der Waals surface area contributed by atoms with Gasteiger partial charge in [0.25, 0.3) is 0 Å². The number of sulfonamides is 1. The monoisotopic (exact) mass is 335 g/mol. The maximum absolute atomic E-state index is 13.7. The van der Waals surface area contributed by atoms with Crippen molar-refractivity contribution in [2.24, 2.45) is 11.7 Å². The van der Waals surface area contributed by atoms with E-state index in [1.807, 2.05) is 4.72 Å². The third-order valence-corrected chi connectivity index (χ3v) is 4.33. The molecule has 9 heteroatoms. The molecule has 4 N–H and O–H groups in total. The molecule has 1 unspecified atom stereocenters. The van der Waals surface area contributed by atoms with Crippen molar-refractivity contribution >= 4 is 27.3 Å². The number of carbonyl (C=O) groups excluding carboxylic acids is 1. The highest BCUT2D eigenvalue weighted by molar-refractivity contribution is 7.92. The number of rotatable bonds is 7. The number of halogens is 2. The molecule has 0 heterocycles. The van der Waals surface area contributed by atoms with Crippen molar-refractivity contribution in [1.29, 1.82) is 0 Å². The van der Waals surface area contributed by atoms with Gasteiger partial charge in [0.1, 0.15) is 11.6 Å².